The second kappa shape index (κ2) is 4.82. The van der Waals surface area contributed by atoms with Crippen molar-refractivity contribution in [2.75, 3.05) is 5.73 Å². The molecule has 0 aliphatic rings. The van der Waals surface area contributed by atoms with Crippen LogP contribution in [0.3, 0.4) is 0 Å². The summed E-state index contributed by atoms with van der Waals surface area (Å²) in [6.45, 7) is 0. The molecule has 0 saturated carbocycles. The molecule has 1 heterocycles. The van der Waals surface area contributed by atoms with E-state index in [0.29, 0.717) is 0 Å². The summed E-state index contributed by atoms with van der Waals surface area (Å²) in [4.78, 5) is 36.9. The number of hydrogen-bond donors (Lipinski definition) is 5. The molecule has 0 atom stereocenters. The van der Waals surface area contributed by atoms with Gasteiger partial charge in [-0.05, 0) is 0 Å². The van der Waals surface area contributed by atoms with Gasteiger partial charge in [-0.3, -0.25) is 0 Å². The lowest BCUT2D eigenvalue weighted by atomic mass is 10.6. The molecule has 0 spiro atoms. The van der Waals surface area contributed by atoms with Gasteiger partial charge < -0.3 is 25.4 Å². The second-order valence-electron chi connectivity index (χ2n) is 1.95. The Labute approximate surface area is 76.5 Å². The molecule has 0 unspecified atom stereocenters. The van der Waals surface area contributed by atoms with Crippen molar-refractivity contribution in [3.05, 3.63) is 22.5 Å². The number of nitrogens with two attached hydrogens (primary N) is 1. The van der Waals surface area contributed by atoms with Crippen LogP contribution in [0.4, 0.5) is 10.2 Å². The molecule has 0 amide bonds. The second-order valence-corrected chi connectivity index (χ2v) is 2.98. The molecule has 14 heavy (non-hydrogen) atoms. The van der Waals surface area contributed by atoms with Gasteiger partial charge in [-0.2, -0.15) is 4.98 Å². The Morgan fingerprint density at radius 3 is 2.21 bits per heavy atom. The number of nitrogen functional groups attached to an aromatic ring is 1. The monoisotopic (exact) mass is 227 g/mol. The fraction of sp³-hybridized carbons (Fsp3) is 0. The first kappa shape index (κ1) is 12.7. The minimum atomic E-state index is -4.64. The Morgan fingerprint density at radius 2 is 1.93 bits per heavy atom. The van der Waals surface area contributed by atoms with Crippen molar-refractivity contribution in [1.82, 2.24) is 9.97 Å². The minimum Gasteiger partial charge on any atom is -0.381 e. The fourth-order valence-electron chi connectivity index (χ4n) is 0.394. The molecule has 8 nitrogen and oxygen atoms in total. The molecule has 1 aromatic heterocycles. The number of nitrogens with one attached hydrogen (secondary N) is 1. The maximum atomic E-state index is 12.1. The van der Waals surface area contributed by atoms with Crippen LogP contribution in [0, 0.1) is 5.82 Å². The van der Waals surface area contributed by atoms with Gasteiger partial charge in [-0.15, -0.1) is 0 Å². The lowest BCUT2D eigenvalue weighted by Crippen LogP contribution is -2.12. The number of nitrogens with zero attached hydrogens (tertiary/aromatic N) is 1. The van der Waals surface area contributed by atoms with Gasteiger partial charge in [0.05, 0.1) is 0 Å². The van der Waals surface area contributed by atoms with Crippen LogP contribution >= 0.6 is 7.82 Å². The molecule has 80 valence electrons. The number of rotatable bonds is 0. The van der Waals surface area contributed by atoms with E-state index in [2.05, 4.69) is 4.98 Å². The SMILES string of the molecule is Nc1nc(=O)[nH]cc1F.O=P(O)(O)O. The van der Waals surface area contributed by atoms with E-state index in [9.17, 15) is 9.18 Å². The van der Waals surface area contributed by atoms with Gasteiger partial charge in [0.1, 0.15) is 0 Å². The van der Waals surface area contributed by atoms with Crippen LogP contribution < -0.4 is 11.4 Å². The van der Waals surface area contributed by atoms with Crippen LogP contribution in [0.15, 0.2) is 11.0 Å². The van der Waals surface area contributed by atoms with Crippen molar-refractivity contribution in [2.24, 2.45) is 0 Å². The lowest BCUT2D eigenvalue weighted by molar-refractivity contribution is 0.275. The Balaban J connectivity index is 0.000000292. The van der Waals surface area contributed by atoms with Crippen molar-refractivity contribution >= 4 is 13.6 Å². The lowest BCUT2D eigenvalue weighted by Gasteiger charge is -1.88. The molecule has 0 saturated heterocycles. The van der Waals surface area contributed by atoms with Crippen LogP contribution in [-0.2, 0) is 4.57 Å². The first-order valence-corrected chi connectivity index (χ1v) is 4.55. The van der Waals surface area contributed by atoms with Gasteiger partial charge in [-0.25, -0.2) is 13.8 Å². The van der Waals surface area contributed by atoms with E-state index in [4.69, 9.17) is 25.0 Å². The zero-order valence-corrected chi connectivity index (χ0v) is 7.48. The summed E-state index contributed by atoms with van der Waals surface area (Å²) in [5, 5.41) is 0. The summed E-state index contributed by atoms with van der Waals surface area (Å²) in [6, 6.07) is 0. The molecule has 0 bridgehead atoms. The Hall–Kier alpha value is -1.28. The van der Waals surface area contributed by atoms with Crippen molar-refractivity contribution in [1.29, 1.82) is 0 Å². The summed E-state index contributed by atoms with van der Waals surface area (Å²) in [5.74, 6) is -1.09. The topological polar surface area (TPSA) is 150 Å². The molecule has 0 aliphatic heterocycles. The number of hydrogen-bond acceptors (Lipinski definition) is 4. The van der Waals surface area contributed by atoms with Crippen LogP contribution in [0.5, 0.6) is 0 Å². The third-order valence-corrected chi connectivity index (χ3v) is 0.789. The highest BCUT2D eigenvalue weighted by Crippen LogP contribution is 2.25. The van der Waals surface area contributed by atoms with Crippen molar-refractivity contribution < 1.29 is 23.6 Å². The zero-order valence-electron chi connectivity index (χ0n) is 6.59. The smallest absolute Gasteiger partial charge is 0.381 e. The first-order valence-electron chi connectivity index (χ1n) is 2.99. The van der Waals surface area contributed by atoms with Gasteiger partial charge in [-0.1, -0.05) is 0 Å². The zero-order chi connectivity index (χ0) is 11.4. The highest BCUT2D eigenvalue weighted by Gasteiger charge is 2.00. The molecule has 6 N–H and O–H groups in total. The molecule has 0 aromatic carbocycles. The molecular weight excluding hydrogens is 220 g/mol. The Morgan fingerprint density at radius 1 is 1.50 bits per heavy atom. The van der Waals surface area contributed by atoms with Crippen molar-refractivity contribution in [3.63, 3.8) is 0 Å². The van der Waals surface area contributed by atoms with E-state index in [1.807, 2.05) is 4.98 Å². The van der Waals surface area contributed by atoms with E-state index in [-0.39, 0.29) is 5.82 Å². The standard InChI is InChI=1S/C4H4FN3O.H3O4P/c5-2-1-7-4(9)8-3(2)6;1-5(2,3)4/h1H,(H3,6,7,8,9);(H3,1,2,3,4). The summed E-state index contributed by atoms with van der Waals surface area (Å²) in [6.07, 6.45) is 0.866. The van der Waals surface area contributed by atoms with Crippen LogP contribution in [0.1, 0.15) is 0 Å². The third kappa shape index (κ3) is 7.37. The normalized spacial score (nSPS) is 10.3. The maximum absolute atomic E-state index is 12.1. The van der Waals surface area contributed by atoms with Gasteiger partial charge in [0.15, 0.2) is 11.6 Å². The van der Waals surface area contributed by atoms with E-state index >= 15 is 0 Å². The number of aromatic nitrogens is 2. The molecule has 1 aromatic rings. The molecule has 0 aliphatic carbocycles. The molecule has 0 radical (unpaired) electrons. The van der Waals surface area contributed by atoms with Gasteiger partial charge >= 0.3 is 13.5 Å². The Bertz CT molecular complexity index is 392. The average Bonchev–Trinajstić information content (AvgIpc) is 1.94. The maximum Gasteiger partial charge on any atom is 0.466 e. The largest absolute Gasteiger partial charge is 0.466 e. The fourth-order valence-corrected chi connectivity index (χ4v) is 0.394. The van der Waals surface area contributed by atoms with Gasteiger partial charge in [0.2, 0.25) is 0 Å². The number of phosphoric acid groups is 1. The predicted octanol–water partition coefficient (Wildman–Crippen LogP) is -1.44. The molecule has 10 heteroatoms. The van der Waals surface area contributed by atoms with Crippen molar-refractivity contribution in [3.8, 4) is 0 Å². The van der Waals surface area contributed by atoms with E-state index < -0.39 is 19.3 Å². The number of anilines is 1. The summed E-state index contributed by atoms with van der Waals surface area (Å²) >= 11 is 0. The number of H-pyrrole nitrogens is 1. The van der Waals surface area contributed by atoms with Gasteiger partial charge in [0.25, 0.3) is 0 Å². The van der Waals surface area contributed by atoms with Gasteiger partial charge in [0, 0.05) is 6.20 Å². The first-order chi connectivity index (χ1) is 6.20. The molecular formula is C4H7FN3O5P. The summed E-state index contributed by atoms with van der Waals surface area (Å²) < 4.78 is 21.0. The summed E-state index contributed by atoms with van der Waals surface area (Å²) in [7, 11) is -4.64. The highest BCUT2D eigenvalue weighted by atomic mass is 31.2. The molecule has 1 rings (SSSR count). The molecule has 0 fully saturated rings. The van der Waals surface area contributed by atoms with E-state index in [1.165, 1.54) is 0 Å². The third-order valence-electron chi connectivity index (χ3n) is 0.789. The summed E-state index contributed by atoms with van der Waals surface area (Å²) in [5.41, 5.74) is 4.27. The van der Waals surface area contributed by atoms with Crippen LogP contribution in [-0.4, -0.2) is 24.6 Å². The number of halogens is 1. The van der Waals surface area contributed by atoms with Crippen LogP contribution in [0.25, 0.3) is 0 Å². The quantitative estimate of drug-likeness (QED) is 0.340. The average molecular weight is 227 g/mol. The van der Waals surface area contributed by atoms with Crippen LogP contribution in [0.2, 0.25) is 0 Å². The number of aromatic amines is 1. The minimum absolute atomic E-state index is 0.376. The van der Waals surface area contributed by atoms with Crippen molar-refractivity contribution in [2.45, 2.75) is 0 Å². The highest BCUT2D eigenvalue weighted by molar-refractivity contribution is 7.45. The van der Waals surface area contributed by atoms with E-state index in [1.54, 1.807) is 0 Å². The van der Waals surface area contributed by atoms with E-state index in [0.717, 1.165) is 6.20 Å². The predicted molar refractivity (Wildman–Crippen MR) is 43.5 cm³/mol. The Kier molecular flexibility index (Phi) is 4.38.